The van der Waals surface area contributed by atoms with Crippen LogP contribution in [0.15, 0.2) is 36.5 Å². The summed E-state index contributed by atoms with van der Waals surface area (Å²) < 4.78 is 0. The van der Waals surface area contributed by atoms with Gasteiger partial charge >= 0.3 is 0 Å². The minimum absolute atomic E-state index is 0.215. The molecule has 2 rings (SSSR count). The Kier molecular flexibility index (Phi) is 3.71. The van der Waals surface area contributed by atoms with Gasteiger partial charge in [0, 0.05) is 0 Å². The fourth-order valence-corrected chi connectivity index (χ4v) is 1.53. The molecule has 6 heteroatoms. The highest BCUT2D eigenvalue weighted by molar-refractivity contribution is 5.28. The molecule has 0 unspecified atom stereocenters. The van der Waals surface area contributed by atoms with E-state index in [1.807, 2.05) is 30.3 Å². The summed E-state index contributed by atoms with van der Waals surface area (Å²) in [6, 6.07) is 9.21. The Labute approximate surface area is 104 Å². The minimum Gasteiger partial charge on any atom is -0.391 e. The highest BCUT2D eigenvalue weighted by Crippen LogP contribution is 2.17. The first kappa shape index (κ1) is 12.7. The van der Waals surface area contributed by atoms with Crippen LogP contribution in [0.1, 0.15) is 18.7 Å². The van der Waals surface area contributed by atoms with Gasteiger partial charge in [-0.05, 0) is 19.1 Å². The molecule has 0 fully saturated rings. The number of aliphatic hydroxyl groups is 3. The molecular weight excluding hydrogens is 234 g/mol. The predicted octanol–water partition coefficient (Wildman–Crippen LogP) is 0.0424. The van der Waals surface area contributed by atoms with E-state index < -0.39 is 18.3 Å². The topological polar surface area (TPSA) is 91.4 Å². The Bertz CT molecular complexity index is 498. The monoisotopic (exact) mass is 249 g/mol. The van der Waals surface area contributed by atoms with E-state index in [4.69, 9.17) is 0 Å². The second-order valence-electron chi connectivity index (χ2n) is 4.07. The number of rotatable bonds is 4. The van der Waals surface area contributed by atoms with Crippen LogP contribution < -0.4 is 0 Å². The number of benzene rings is 1. The lowest BCUT2D eigenvalue weighted by atomic mass is 10.1. The molecule has 2 aromatic rings. The molecule has 3 N–H and O–H groups in total. The largest absolute Gasteiger partial charge is 0.391 e. The minimum atomic E-state index is -1.29. The lowest BCUT2D eigenvalue weighted by molar-refractivity contribution is -0.0549. The normalized spacial score (nSPS) is 16.2. The van der Waals surface area contributed by atoms with E-state index in [1.54, 1.807) is 0 Å². The zero-order valence-electron chi connectivity index (χ0n) is 9.88. The van der Waals surface area contributed by atoms with Gasteiger partial charge in [-0.2, -0.15) is 15.0 Å². The average molecular weight is 249 g/mol. The fraction of sp³-hybridized carbons (Fsp3) is 0.333. The van der Waals surface area contributed by atoms with Crippen molar-refractivity contribution < 1.29 is 15.3 Å². The summed E-state index contributed by atoms with van der Waals surface area (Å²) in [5.41, 5.74) is 0.967. The number of hydrogen-bond acceptors (Lipinski definition) is 5. The third kappa shape index (κ3) is 2.56. The van der Waals surface area contributed by atoms with Gasteiger partial charge in [-0.1, -0.05) is 18.2 Å². The average Bonchev–Trinajstić information content (AvgIpc) is 2.87. The SMILES string of the molecule is C[C@H](O)[C@H](O)[C@@H](O)c1cnn(-c2ccccc2)n1. The van der Waals surface area contributed by atoms with Crippen molar-refractivity contribution in [2.24, 2.45) is 0 Å². The van der Waals surface area contributed by atoms with Gasteiger partial charge in [0.2, 0.25) is 0 Å². The maximum Gasteiger partial charge on any atom is 0.128 e. The van der Waals surface area contributed by atoms with Crippen molar-refractivity contribution in [3.05, 3.63) is 42.2 Å². The summed E-state index contributed by atoms with van der Waals surface area (Å²) in [5.74, 6) is 0. The van der Waals surface area contributed by atoms with E-state index >= 15 is 0 Å². The Morgan fingerprint density at radius 2 is 1.78 bits per heavy atom. The van der Waals surface area contributed by atoms with E-state index in [0.29, 0.717) is 0 Å². The van der Waals surface area contributed by atoms with Crippen molar-refractivity contribution in [1.82, 2.24) is 15.0 Å². The first-order chi connectivity index (χ1) is 8.59. The molecule has 0 spiro atoms. The maximum atomic E-state index is 9.79. The Morgan fingerprint density at radius 1 is 1.11 bits per heavy atom. The zero-order valence-corrected chi connectivity index (χ0v) is 9.88. The molecule has 0 saturated carbocycles. The van der Waals surface area contributed by atoms with E-state index in [2.05, 4.69) is 10.2 Å². The summed E-state index contributed by atoms with van der Waals surface area (Å²) in [6.07, 6.45) is -2.22. The number of aromatic nitrogens is 3. The van der Waals surface area contributed by atoms with Gasteiger partial charge in [0.25, 0.3) is 0 Å². The van der Waals surface area contributed by atoms with Crippen molar-refractivity contribution in [2.75, 3.05) is 0 Å². The summed E-state index contributed by atoms with van der Waals surface area (Å²) >= 11 is 0. The van der Waals surface area contributed by atoms with Crippen molar-refractivity contribution in [2.45, 2.75) is 25.2 Å². The van der Waals surface area contributed by atoms with Crippen LogP contribution in [0, 0.1) is 0 Å². The standard InChI is InChI=1S/C12H15N3O3/c1-8(16)11(17)12(18)10-7-13-15(14-10)9-5-3-2-4-6-9/h2-8,11-12,16-18H,1H3/t8-,11-,12-/m0/s1. The summed E-state index contributed by atoms with van der Waals surface area (Å²) in [5, 5.41) is 36.6. The number of para-hydroxylation sites is 1. The third-order valence-electron chi connectivity index (χ3n) is 2.62. The highest BCUT2D eigenvalue weighted by atomic mass is 16.4. The molecule has 0 aliphatic heterocycles. The molecule has 0 bridgehead atoms. The van der Waals surface area contributed by atoms with Gasteiger partial charge in [0.15, 0.2) is 0 Å². The van der Waals surface area contributed by atoms with Crippen molar-refractivity contribution in [3.63, 3.8) is 0 Å². The van der Waals surface area contributed by atoms with Crippen LogP contribution in [0.25, 0.3) is 5.69 Å². The summed E-state index contributed by atoms with van der Waals surface area (Å²) in [7, 11) is 0. The van der Waals surface area contributed by atoms with Gasteiger partial charge in [-0.25, -0.2) is 0 Å². The molecule has 6 nitrogen and oxygen atoms in total. The molecule has 96 valence electrons. The molecule has 3 atom stereocenters. The van der Waals surface area contributed by atoms with Crippen LogP contribution in [0.4, 0.5) is 0 Å². The lowest BCUT2D eigenvalue weighted by Crippen LogP contribution is -2.30. The molecule has 0 saturated heterocycles. The molecule has 0 aliphatic rings. The van der Waals surface area contributed by atoms with Crippen LogP contribution >= 0.6 is 0 Å². The second-order valence-corrected chi connectivity index (χ2v) is 4.07. The molecule has 1 aromatic heterocycles. The van der Waals surface area contributed by atoms with Gasteiger partial charge in [-0.15, -0.1) is 0 Å². The predicted molar refractivity (Wildman–Crippen MR) is 64.0 cm³/mol. The van der Waals surface area contributed by atoms with E-state index in [0.717, 1.165) is 5.69 Å². The van der Waals surface area contributed by atoms with Crippen LogP contribution in [0.3, 0.4) is 0 Å². The van der Waals surface area contributed by atoms with Crippen LogP contribution in [-0.4, -0.2) is 42.5 Å². The van der Waals surface area contributed by atoms with Crippen LogP contribution in [0.5, 0.6) is 0 Å². The van der Waals surface area contributed by atoms with Crippen molar-refractivity contribution in [1.29, 1.82) is 0 Å². The second kappa shape index (κ2) is 5.26. The zero-order chi connectivity index (χ0) is 13.1. The number of nitrogens with zero attached hydrogens (tertiary/aromatic N) is 3. The number of hydrogen-bond donors (Lipinski definition) is 3. The quantitative estimate of drug-likeness (QED) is 0.711. The Balaban J connectivity index is 2.21. The summed E-state index contributed by atoms with van der Waals surface area (Å²) in [4.78, 5) is 1.35. The molecule has 0 aliphatic carbocycles. The molecule has 0 amide bonds. The van der Waals surface area contributed by atoms with E-state index in [9.17, 15) is 15.3 Å². The smallest absolute Gasteiger partial charge is 0.128 e. The Hall–Kier alpha value is -1.76. The van der Waals surface area contributed by atoms with Gasteiger partial charge in [-0.3, -0.25) is 0 Å². The maximum absolute atomic E-state index is 9.79. The van der Waals surface area contributed by atoms with E-state index in [-0.39, 0.29) is 5.69 Å². The van der Waals surface area contributed by atoms with E-state index in [1.165, 1.54) is 17.9 Å². The van der Waals surface area contributed by atoms with Gasteiger partial charge in [0.1, 0.15) is 17.9 Å². The van der Waals surface area contributed by atoms with Crippen LogP contribution in [0.2, 0.25) is 0 Å². The first-order valence-corrected chi connectivity index (χ1v) is 5.61. The highest BCUT2D eigenvalue weighted by Gasteiger charge is 2.25. The molecular formula is C12H15N3O3. The molecule has 0 radical (unpaired) electrons. The van der Waals surface area contributed by atoms with Gasteiger partial charge in [0.05, 0.1) is 18.0 Å². The van der Waals surface area contributed by atoms with Crippen LogP contribution in [-0.2, 0) is 0 Å². The molecule has 18 heavy (non-hydrogen) atoms. The van der Waals surface area contributed by atoms with Crippen molar-refractivity contribution >= 4 is 0 Å². The lowest BCUT2D eigenvalue weighted by Gasteiger charge is -2.17. The first-order valence-electron chi connectivity index (χ1n) is 5.61. The summed E-state index contributed by atoms with van der Waals surface area (Å²) in [6.45, 7) is 1.40. The Morgan fingerprint density at radius 3 is 2.39 bits per heavy atom. The third-order valence-corrected chi connectivity index (χ3v) is 2.62. The number of aliphatic hydroxyl groups excluding tert-OH is 3. The molecule has 1 heterocycles. The van der Waals surface area contributed by atoms with Crippen molar-refractivity contribution in [3.8, 4) is 5.69 Å². The van der Waals surface area contributed by atoms with Gasteiger partial charge < -0.3 is 15.3 Å². The fourth-order valence-electron chi connectivity index (χ4n) is 1.53. The molecule has 1 aromatic carbocycles.